The molecule has 0 aromatic heterocycles. The molecule has 4 rings (SSSR count). The molecule has 13 heteroatoms. The molecular weight excluding hydrogens is 683 g/mol. The molecule has 0 aliphatic rings. The molecule has 4 aromatic carbocycles. The second-order valence-corrected chi connectivity index (χ2v) is 11.0. The summed E-state index contributed by atoms with van der Waals surface area (Å²) in [5.74, 6) is -4.42. The first-order valence-corrected chi connectivity index (χ1v) is 14.9. The molecule has 246 valence electrons. The number of hydrogen-bond donors (Lipinski definition) is 4. The Morgan fingerprint density at radius 2 is 1.45 bits per heavy atom. The topological polar surface area (TPSA) is 150 Å². The van der Waals surface area contributed by atoms with Gasteiger partial charge in [0.15, 0.2) is 6.04 Å². The van der Waals surface area contributed by atoms with Crippen LogP contribution in [0.2, 0.25) is 0 Å². The molecule has 9 nitrogen and oxygen atoms in total. The van der Waals surface area contributed by atoms with E-state index >= 15 is 0 Å². The van der Waals surface area contributed by atoms with Gasteiger partial charge in [0.05, 0.1) is 6.42 Å². The van der Waals surface area contributed by atoms with Gasteiger partial charge in [-0.1, -0.05) is 94.8 Å². The van der Waals surface area contributed by atoms with Crippen LogP contribution in [-0.2, 0) is 27.3 Å². The summed E-state index contributed by atoms with van der Waals surface area (Å²) in [6, 6.07) is 29.7. The number of nitrogens with one attached hydrogen (secondary N) is 1. The van der Waals surface area contributed by atoms with Crippen molar-refractivity contribution in [1.82, 2.24) is 10.2 Å². The lowest BCUT2D eigenvalue weighted by molar-refractivity contribution is -0.192. The molecule has 47 heavy (non-hydrogen) atoms. The third-order valence-electron chi connectivity index (χ3n) is 6.68. The number of benzene rings is 4. The third kappa shape index (κ3) is 10.8. The van der Waals surface area contributed by atoms with Crippen LogP contribution in [0.3, 0.4) is 0 Å². The number of halogens is 4. The zero-order valence-electron chi connectivity index (χ0n) is 24.8. The Morgan fingerprint density at radius 3 is 2.04 bits per heavy atom. The smallest absolute Gasteiger partial charge is 0.479 e. The van der Waals surface area contributed by atoms with Crippen molar-refractivity contribution >= 4 is 39.7 Å². The van der Waals surface area contributed by atoms with E-state index in [1.165, 1.54) is 4.90 Å². The average Bonchev–Trinajstić information content (AvgIpc) is 3.04. The number of amides is 2. The Balaban J connectivity index is 0.000000771. The van der Waals surface area contributed by atoms with Gasteiger partial charge in [-0.15, -0.1) is 0 Å². The summed E-state index contributed by atoms with van der Waals surface area (Å²) in [6.07, 6.45) is -5.03. The average molecular weight is 715 g/mol. The van der Waals surface area contributed by atoms with Crippen molar-refractivity contribution in [3.05, 3.63) is 130 Å². The fraction of sp³-hybridized carbons (Fsp3) is 0.176. The summed E-state index contributed by atoms with van der Waals surface area (Å²) in [5.41, 5.74) is 9.58. The van der Waals surface area contributed by atoms with Crippen LogP contribution in [0, 0.1) is 0 Å². The van der Waals surface area contributed by atoms with E-state index in [2.05, 4.69) is 21.2 Å². The molecule has 0 bridgehead atoms. The molecular formula is C34H31BrF3N3O6. The lowest BCUT2D eigenvalue weighted by atomic mass is 9.97. The molecule has 1 atom stereocenters. The first-order valence-electron chi connectivity index (χ1n) is 14.1. The predicted molar refractivity (Wildman–Crippen MR) is 172 cm³/mol. The summed E-state index contributed by atoms with van der Waals surface area (Å²) < 4.78 is 32.6. The van der Waals surface area contributed by atoms with Gasteiger partial charge in [0.1, 0.15) is 0 Å². The van der Waals surface area contributed by atoms with Crippen molar-refractivity contribution in [3.8, 4) is 11.1 Å². The van der Waals surface area contributed by atoms with E-state index in [4.69, 9.17) is 15.6 Å². The van der Waals surface area contributed by atoms with Gasteiger partial charge in [-0.05, 0) is 52.1 Å². The van der Waals surface area contributed by atoms with E-state index in [1.807, 2.05) is 60.7 Å². The predicted octanol–water partition coefficient (Wildman–Crippen LogP) is 5.84. The number of carbonyl (C=O) groups excluding carboxylic acids is 2. The Kier molecular flexibility index (Phi) is 13.2. The van der Waals surface area contributed by atoms with Gasteiger partial charge in [-0.3, -0.25) is 9.59 Å². The molecule has 0 radical (unpaired) electrons. The second kappa shape index (κ2) is 17.1. The minimum Gasteiger partial charge on any atom is -0.479 e. The molecule has 0 aliphatic carbocycles. The first kappa shape index (κ1) is 36.5. The van der Waals surface area contributed by atoms with Gasteiger partial charge in [0.2, 0.25) is 5.91 Å². The van der Waals surface area contributed by atoms with E-state index in [-0.39, 0.29) is 24.8 Å². The Bertz CT molecular complexity index is 1680. The monoisotopic (exact) mass is 713 g/mol. The number of nitrogens with zero attached hydrogens (tertiary/aromatic N) is 1. The number of alkyl halides is 3. The maximum absolute atomic E-state index is 13.7. The minimum absolute atomic E-state index is 0.0493. The minimum atomic E-state index is -5.08. The second-order valence-electron chi connectivity index (χ2n) is 10.1. The van der Waals surface area contributed by atoms with E-state index in [0.717, 1.165) is 26.7 Å². The van der Waals surface area contributed by atoms with Crippen molar-refractivity contribution < 1.29 is 42.6 Å². The first-order chi connectivity index (χ1) is 22.3. The number of carboxylic acids is 2. The number of carboxylic acid groups (broad SMARTS) is 2. The third-order valence-corrected chi connectivity index (χ3v) is 7.21. The van der Waals surface area contributed by atoms with Crippen LogP contribution in [-0.4, -0.2) is 58.1 Å². The maximum atomic E-state index is 13.7. The highest BCUT2D eigenvalue weighted by Crippen LogP contribution is 2.28. The lowest BCUT2D eigenvalue weighted by Gasteiger charge is -2.30. The van der Waals surface area contributed by atoms with Crippen molar-refractivity contribution in [2.45, 2.75) is 25.2 Å². The number of hydrogen-bond acceptors (Lipinski definition) is 5. The van der Waals surface area contributed by atoms with Crippen LogP contribution in [0.5, 0.6) is 0 Å². The molecule has 0 saturated carbocycles. The SMILES string of the molecule is NCCNC(=O)c1ccccc1-c1cccc(CN(C(=O)Cc2ccc(Br)cc2)C(C(=O)O)c2ccccc2)c1.O=C(O)C(F)(F)F. The standard InChI is InChI=1S/C32H30BrN3O4.C2HF3O2/c33-26-15-13-22(14-16-26)20-29(37)36(30(32(39)40)24-8-2-1-3-9-24)21-23-7-6-10-25(19-23)27-11-4-5-12-28(27)31(38)35-18-17-34;3-2(4,5)1(6)7/h1-16,19,30H,17-18,20-21,34H2,(H,35,38)(H,39,40);(H,6,7). The quantitative estimate of drug-likeness (QED) is 0.153. The molecule has 0 heterocycles. The van der Waals surface area contributed by atoms with E-state index in [1.54, 1.807) is 42.5 Å². The van der Waals surface area contributed by atoms with Crippen molar-refractivity contribution in [2.75, 3.05) is 13.1 Å². The molecule has 1 unspecified atom stereocenters. The van der Waals surface area contributed by atoms with Crippen LogP contribution in [0.15, 0.2) is 108 Å². The summed E-state index contributed by atoms with van der Waals surface area (Å²) in [7, 11) is 0. The zero-order chi connectivity index (χ0) is 34.6. The normalized spacial score (nSPS) is 11.4. The van der Waals surface area contributed by atoms with Gasteiger partial charge in [0.25, 0.3) is 5.91 Å². The van der Waals surface area contributed by atoms with E-state index in [9.17, 15) is 32.7 Å². The largest absolute Gasteiger partial charge is 0.490 e. The molecule has 0 fully saturated rings. The van der Waals surface area contributed by atoms with Crippen LogP contribution in [0.1, 0.15) is 33.1 Å². The van der Waals surface area contributed by atoms with E-state index in [0.29, 0.717) is 24.2 Å². The Hall–Kier alpha value is -5.01. The van der Waals surface area contributed by atoms with E-state index < -0.39 is 24.2 Å². The molecule has 0 saturated heterocycles. The van der Waals surface area contributed by atoms with Crippen LogP contribution in [0.4, 0.5) is 13.2 Å². The number of carbonyl (C=O) groups is 4. The Morgan fingerprint density at radius 1 is 0.830 bits per heavy atom. The van der Waals surface area contributed by atoms with Gasteiger partial charge >= 0.3 is 18.1 Å². The molecule has 4 aromatic rings. The molecule has 5 N–H and O–H groups in total. The molecule has 0 aliphatic heterocycles. The summed E-state index contributed by atoms with van der Waals surface area (Å²) in [5, 5.41) is 20.2. The highest BCUT2D eigenvalue weighted by Gasteiger charge is 2.38. The Labute approximate surface area is 277 Å². The van der Waals surface area contributed by atoms with Crippen LogP contribution in [0.25, 0.3) is 11.1 Å². The number of rotatable bonds is 11. The van der Waals surface area contributed by atoms with Gasteiger partial charge in [-0.25, -0.2) is 9.59 Å². The van der Waals surface area contributed by atoms with Crippen molar-refractivity contribution in [3.63, 3.8) is 0 Å². The fourth-order valence-corrected chi connectivity index (χ4v) is 4.81. The van der Waals surface area contributed by atoms with Gasteiger partial charge < -0.3 is 26.2 Å². The van der Waals surface area contributed by atoms with Gasteiger partial charge in [-0.2, -0.15) is 13.2 Å². The summed E-state index contributed by atoms with van der Waals surface area (Å²) >= 11 is 3.41. The summed E-state index contributed by atoms with van der Waals surface area (Å²) in [4.78, 5) is 49.4. The van der Waals surface area contributed by atoms with Crippen molar-refractivity contribution in [2.24, 2.45) is 5.73 Å². The summed E-state index contributed by atoms with van der Waals surface area (Å²) in [6.45, 7) is 0.759. The van der Waals surface area contributed by atoms with Crippen molar-refractivity contribution in [1.29, 1.82) is 0 Å². The van der Waals surface area contributed by atoms with Gasteiger partial charge in [0, 0.05) is 29.7 Å². The highest BCUT2D eigenvalue weighted by molar-refractivity contribution is 9.10. The highest BCUT2D eigenvalue weighted by atomic mass is 79.9. The molecule has 2 amide bonds. The number of nitrogens with two attached hydrogens (primary N) is 1. The van der Waals surface area contributed by atoms with Crippen LogP contribution < -0.4 is 11.1 Å². The zero-order valence-corrected chi connectivity index (χ0v) is 26.4. The van der Waals surface area contributed by atoms with Crippen LogP contribution >= 0.6 is 15.9 Å². The molecule has 0 spiro atoms. The maximum Gasteiger partial charge on any atom is 0.490 e. The number of aliphatic carboxylic acids is 2. The fourth-order valence-electron chi connectivity index (χ4n) is 4.54. The lowest BCUT2D eigenvalue weighted by Crippen LogP contribution is -2.39.